The molecule has 12 heteroatoms. The van der Waals surface area contributed by atoms with Gasteiger partial charge in [-0.3, -0.25) is 24.1 Å². The third-order valence-corrected chi connectivity index (χ3v) is 10.8. The molecular weight excluding hydrogens is 508 g/mol. The fourth-order valence-electron chi connectivity index (χ4n) is 6.97. The van der Waals surface area contributed by atoms with E-state index in [0.29, 0.717) is 0 Å². The summed E-state index contributed by atoms with van der Waals surface area (Å²) in [5.74, 6) is -2.61. The largest absolute Gasteiger partial charge is 0.502 e. The van der Waals surface area contributed by atoms with Crippen molar-refractivity contribution in [2.24, 2.45) is 29.6 Å². The lowest BCUT2D eigenvalue weighted by atomic mass is 9.68. The Bertz CT molecular complexity index is 1330. The van der Waals surface area contributed by atoms with E-state index >= 15 is 0 Å². The Morgan fingerprint density at radius 1 is 1.11 bits per heavy atom. The second kappa shape index (κ2) is 8.27. The van der Waals surface area contributed by atoms with E-state index in [1.165, 1.54) is 14.2 Å². The number of H-pyrrole nitrogens is 1. The average Bonchev–Trinajstić information content (AvgIpc) is 3.57. The van der Waals surface area contributed by atoms with Gasteiger partial charge in [0.25, 0.3) is 0 Å². The molecule has 10 nitrogen and oxygen atoms in total. The van der Waals surface area contributed by atoms with Crippen molar-refractivity contribution >= 4 is 40.9 Å². The summed E-state index contributed by atoms with van der Waals surface area (Å²) in [5.41, 5.74) is 0.803. The average molecular weight is 533 g/mol. The van der Waals surface area contributed by atoms with Crippen LogP contribution in [0.2, 0.25) is 0 Å². The van der Waals surface area contributed by atoms with Crippen molar-refractivity contribution in [1.29, 1.82) is 0 Å². The van der Waals surface area contributed by atoms with Gasteiger partial charge in [-0.2, -0.15) is 0 Å². The van der Waals surface area contributed by atoms with E-state index in [9.17, 15) is 24.3 Å². The highest BCUT2D eigenvalue weighted by atomic mass is 32.2. The Kier molecular flexibility index (Phi) is 5.38. The molecular formula is C24H24N2O8S2. The van der Waals surface area contributed by atoms with Gasteiger partial charge in [0.05, 0.1) is 37.5 Å². The van der Waals surface area contributed by atoms with Crippen molar-refractivity contribution in [3.63, 3.8) is 0 Å². The molecule has 4 aliphatic rings. The zero-order valence-electron chi connectivity index (χ0n) is 19.4. The van der Waals surface area contributed by atoms with Crippen LogP contribution < -0.4 is 14.3 Å². The van der Waals surface area contributed by atoms with E-state index in [1.54, 1.807) is 23.9 Å². The van der Waals surface area contributed by atoms with E-state index in [1.807, 2.05) is 0 Å². The Hall–Kier alpha value is -2.99. The first-order chi connectivity index (χ1) is 17.2. The van der Waals surface area contributed by atoms with Crippen LogP contribution in [0.15, 0.2) is 22.0 Å². The molecule has 1 aromatic carbocycles. The number of aromatic nitrogens is 1. The number of nitrogens with one attached hydrogen (secondary N) is 1. The molecule has 3 fully saturated rings. The first-order valence-electron chi connectivity index (χ1n) is 11.7. The third kappa shape index (κ3) is 3.16. The summed E-state index contributed by atoms with van der Waals surface area (Å²) in [6.07, 6.45) is 0.450. The van der Waals surface area contributed by atoms with Gasteiger partial charge < -0.3 is 24.7 Å². The number of amides is 2. The van der Waals surface area contributed by atoms with Crippen LogP contribution in [0.3, 0.4) is 0 Å². The normalized spacial score (nSPS) is 31.8. The molecule has 2 saturated carbocycles. The first kappa shape index (κ1) is 23.4. The Labute approximate surface area is 213 Å². The number of carboxylic acids is 1. The summed E-state index contributed by atoms with van der Waals surface area (Å²) in [6, 6.07) is 3.49. The van der Waals surface area contributed by atoms with Crippen LogP contribution in [0.1, 0.15) is 29.2 Å². The number of thioether (sulfide) groups is 1. The van der Waals surface area contributed by atoms with Gasteiger partial charge in [-0.25, -0.2) is 0 Å². The van der Waals surface area contributed by atoms with Gasteiger partial charge in [0.2, 0.25) is 17.6 Å². The number of aromatic hydroxyl groups is 1. The van der Waals surface area contributed by atoms with Crippen molar-refractivity contribution in [3.8, 4) is 17.2 Å². The van der Waals surface area contributed by atoms with E-state index < -0.39 is 17.8 Å². The second-order valence-electron chi connectivity index (χ2n) is 9.71. The maximum absolute atomic E-state index is 13.4. The number of rotatable bonds is 6. The number of benzene rings is 1. The lowest BCUT2D eigenvalue weighted by Gasteiger charge is -2.43. The number of hydrogen-bond acceptors (Lipinski definition) is 9. The van der Waals surface area contributed by atoms with Crippen LogP contribution in [-0.2, 0) is 14.4 Å². The second-order valence-corrected chi connectivity index (χ2v) is 11.9. The number of methoxy groups -OCH3 is 2. The van der Waals surface area contributed by atoms with Crippen LogP contribution in [0.5, 0.6) is 17.2 Å². The maximum atomic E-state index is 13.4. The predicted molar refractivity (Wildman–Crippen MR) is 129 cm³/mol. The number of fused-ring (bicyclic) bond motifs is 9. The molecule has 1 aromatic heterocycles. The number of phenolic OH excluding ortho intramolecular Hbond substituents is 1. The van der Waals surface area contributed by atoms with E-state index in [2.05, 4.69) is 4.98 Å². The van der Waals surface area contributed by atoms with Crippen LogP contribution >= 0.6 is 23.1 Å². The van der Waals surface area contributed by atoms with Crippen molar-refractivity contribution < 1.29 is 34.1 Å². The summed E-state index contributed by atoms with van der Waals surface area (Å²) in [7, 11) is 2.91. The molecule has 0 spiro atoms. The first-order valence-corrected chi connectivity index (χ1v) is 13.4. The van der Waals surface area contributed by atoms with E-state index in [4.69, 9.17) is 14.6 Å². The van der Waals surface area contributed by atoms with Crippen LogP contribution in [0.4, 0.5) is 0 Å². The predicted octanol–water partition coefficient (Wildman–Crippen LogP) is 2.11. The van der Waals surface area contributed by atoms with Gasteiger partial charge in [-0.15, -0.1) is 11.8 Å². The summed E-state index contributed by atoms with van der Waals surface area (Å²) >= 11 is 2.71. The number of imide groups is 1. The molecule has 2 aliphatic carbocycles. The molecule has 2 aliphatic heterocycles. The monoisotopic (exact) mass is 532 g/mol. The lowest BCUT2D eigenvalue weighted by molar-refractivity contribution is -0.142. The minimum Gasteiger partial charge on any atom is -0.502 e. The highest BCUT2D eigenvalue weighted by Gasteiger charge is 2.69. The molecule has 1 saturated heterocycles. The number of ether oxygens (including phenoxy) is 2. The molecule has 6 unspecified atom stereocenters. The van der Waals surface area contributed by atoms with E-state index in [-0.39, 0.29) is 75.8 Å². The summed E-state index contributed by atoms with van der Waals surface area (Å²) in [5, 5.41) is 20.3. The molecule has 2 bridgehead atoms. The number of aromatic amines is 1. The fraction of sp³-hybridized carbons (Fsp3) is 0.500. The van der Waals surface area contributed by atoms with Gasteiger partial charge in [0, 0.05) is 22.6 Å². The molecule has 3 N–H and O–H groups in total. The number of aliphatic carboxylic acids is 1. The van der Waals surface area contributed by atoms with Crippen LogP contribution in [0, 0.1) is 29.6 Å². The molecule has 2 amide bonds. The smallest absolute Gasteiger partial charge is 0.305 e. The number of carbonyl (C=O) groups is 3. The van der Waals surface area contributed by atoms with Crippen LogP contribution in [0.25, 0.3) is 0 Å². The van der Waals surface area contributed by atoms with E-state index in [0.717, 1.165) is 38.1 Å². The Balaban J connectivity index is 1.45. The topological polar surface area (TPSA) is 146 Å². The van der Waals surface area contributed by atoms with Gasteiger partial charge in [0.15, 0.2) is 11.5 Å². The quantitative estimate of drug-likeness (QED) is 0.476. The highest BCUT2D eigenvalue weighted by Crippen LogP contribution is 2.68. The molecule has 7 atom stereocenters. The minimum atomic E-state index is -1.05. The Morgan fingerprint density at radius 3 is 2.36 bits per heavy atom. The van der Waals surface area contributed by atoms with Crippen molar-refractivity contribution in [2.45, 2.75) is 29.0 Å². The molecule has 0 radical (unpaired) electrons. The Morgan fingerprint density at radius 2 is 1.75 bits per heavy atom. The number of thiazole rings is 1. The van der Waals surface area contributed by atoms with Gasteiger partial charge in [-0.05, 0) is 41.9 Å². The number of carboxylic acid groups (broad SMARTS) is 1. The zero-order valence-corrected chi connectivity index (χ0v) is 21.1. The number of nitrogens with zero attached hydrogens (tertiary/aromatic N) is 1. The molecule has 3 heterocycles. The lowest BCUT2D eigenvalue weighted by Crippen LogP contribution is -2.42. The third-order valence-electron chi connectivity index (χ3n) is 8.23. The van der Waals surface area contributed by atoms with Gasteiger partial charge >= 0.3 is 10.8 Å². The summed E-state index contributed by atoms with van der Waals surface area (Å²) < 4.78 is 10.8. The number of hydrogen-bond donors (Lipinski definition) is 3. The van der Waals surface area contributed by atoms with Crippen molar-refractivity contribution in [2.75, 3.05) is 20.8 Å². The molecule has 190 valence electrons. The molecule has 2 aromatic rings. The van der Waals surface area contributed by atoms with Crippen molar-refractivity contribution in [3.05, 3.63) is 32.2 Å². The zero-order chi connectivity index (χ0) is 25.5. The summed E-state index contributed by atoms with van der Waals surface area (Å²) in [6.45, 7) is -0.113. The number of phenols is 1. The fourth-order valence-corrected chi connectivity index (χ4v) is 9.86. The maximum Gasteiger partial charge on any atom is 0.305 e. The SMILES string of the molecule is COc1cc([C@H]2c3sc(=O)[nH]c3SC3C4CC(C5C(=O)N(CCC(=O)O)C(=O)C45)C32)cc(OC)c1O. The standard InChI is InChI=1S/C24H24N2O8S2/c1-33-11-5-8(6-12(34-2)18(11)29)14-15-9-7-10(19(15)35-21-20(14)36-24(32)25-21)17-16(9)22(30)26(23(17)31)4-3-13(27)28/h5-6,9-10,14-17,19,29H,3-4,7H2,1-2H3,(H,25,32)(H,27,28)/t9?,10?,14-,15?,16?,17?,19?/m1/s1. The number of likely N-dealkylation sites (tertiary alicyclic amines) is 1. The highest BCUT2D eigenvalue weighted by molar-refractivity contribution is 8.00. The van der Waals surface area contributed by atoms with Crippen LogP contribution in [-0.4, -0.2) is 63.9 Å². The molecule has 6 rings (SSSR count). The molecule has 36 heavy (non-hydrogen) atoms. The van der Waals surface area contributed by atoms with Crippen molar-refractivity contribution in [1.82, 2.24) is 9.88 Å². The minimum absolute atomic E-state index is 0.000895. The van der Waals surface area contributed by atoms with Gasteiger partial charge in [0.1, 0.15) is 0 Å². The van der Waals surface area contributed by atoms with Gasteiger partial charge in [-0.1, -0.05) is 11.3 Å². The summed E-state index contributed by atoms with van der Waals surface area (Å²) in [4.78, 5) is 54.9. The number of carbonyl (C=O) groups excluding carboxylic acids is 2.